The number of nitrogens with two attached hydrogens (primary N) is 1. The minimum atomic E-state index is -3.33. The van der Waals surface area contributed by atoms with Crippen LogP contribution in [0, 0.1) is 5.41 Å². The monoisotopic (exact) mass is 256 g/mol. The maximum atomic E-state index is 11.9. The summed E-state index contributed by atoms with van der Waals surface area (Å²) in [6.07, 6.45) is 0. The molecule has 0 unspecified atom stereocenters. The Kier molecular flexibility index (Phi) is 4.16. The lowest BCUT2D eigenvalue weighted by atomic mass is 10.0. The Balaban J connectivity index is 2.91. The van der Waals surface area contributed by atoms with Gasteiger partial charge in [0.2, 0.25) is 10.0 Å². The molecule has 0 spiro atoms. The molecule has 0 atom stereocenters. The van der Waals surface area contributed by atoms with E-state index in [1.54, 1.807) is 12.1 Å². The Morgan fingerprint density at radius 3 is 2.35 bits per heavy atom. The number of hydrogen-bond donors (Lipinski definition) is 2. The summed E-state index contributed by atoms with van der Waals surface area (Å²) in [4.78, 5) is 0. The molecule has 5 heteroatoms. The third kappa shape index (κ3) is 4.75. The quantitative estimate of drug-likeness (QED) is 0.864. The topological polar surface area (TPSA) is 72.2 Å². The van der Waals surface area contributed by atoms with E-state index in [1.807, 2.05) is 32.9 Å². The summed E-state index contributed by atoms with van der Waals surface area (Å²) in [6.45, 7) is 5.98. The smallest absolute Gasteiger partial charge is 0.233 e. The Bertz CT molecular complexity index is 476. The van der Waals surface area contributed by atoms with Gasteiger partial charge in [0, 0.05) is 6.54 Å². The fraction of sp³-hybridized carbons (Fsp3) is 0.500. The van der Waals surface area contributed by atoms with E-state index in [1.165, 1.54) is 0 Å². The van der Waals surface area contributed by atoms with Crippen LogP contribution in [0.5, 0.6) is 0 Å². The number of para-hydroxylation sites is 1. The SMILES string of the molecule is CC(C)(C)CS(=O)(=O)Nc1ccccc1CN. The second-order valence-electron chi connectivity index (χ2n) is 5.28. The van der Waals surface area contributed by atoms with E-state index >= 15 is 0 Å². The number of anilines is 1. The zero-order chi connectivity index (χ0) is 13.1. The first-order chi connectivity index (χ1) is 7.73. The molecule has 1 rings (SSSR count). The highest BCUT2D eigenvalue weighted by Crippen LogP contribution is 2.20. The van der Waals surface area contributed by atoms with Crippen LogP contribution in [0.3, 0.4) is 0 Å². The molecule has 4 nitrogen and oxygen atoms in total. The van der Waals surface area contributed by atoms with Gasteiger partial charge in [0.1, 0.15) is 0 Å². The summed E-state index contributed by atoms with van der Waals surface area (Å²) in [7, 11) is -3.33. The van der Waals surface area contributed by atoms with Crippen LogP contribution in [0.2, 0.25) is 0 Å². The molecule has 1 aromatic carbocycles. The van der Waals surface area contributed by atoms with Crippen LogP contribution in [-0.2, 0) is 16.6 Å². The highest BCUT2D eigenvalue weighted by atomic mass is 32.2. The van der Waals surface area contributed by atoms with Crippen LogP contribution in [-0.4, -0.2) is 14.2 Å². The molecule has 17 heavy (non-hydrogen) atoms. The van der Waals surface area contributed by atoms with Crippen LogP contribution in [0.4, 0.5) is 5.69 Å². The predicted octanol–water partition coefficient (Wildman–Crippen LogP) is 1.93. The first-order valence-electron chi connectivity index (χ1n) is 5.52. The van der Waals surface area contributed by atoms with Gasteiger partial charge in [-0.05, 0) is 17.0 Å². The largest absolute Gasteiger partial charge is 0.326 e. The highest BCUT2D eigenvalue weighted by molar-refractivity contribution is 7.92. The van der Waals surface area contributed by atoms with Crippen LogP contribution < -0.4 is 10.5 Å². The maximum Gasteiger partial charge on any atom is 0.233 e. The molecule has 3 N–H and O–H groups in total. The van der Waals surface area contributed by atoms with E-state index < -0.39 is 10.0 Å². The number of benzene rings is 1. The second kappa shape index (κ2) is 5.06. The van der Waals surface area contributed by atoms with Crippen molar-refractivity contribution >= 4 is 15.7 Å². The lowest BCUT2D eigenvalue weighted by Gasteiger charge is -2.19. The van der Waals surface area contributed by atoms with Crippen LogP contribution in [0.15, 0.2) is 24.3 Å². The summed E-state index contributed by atoms with van der Waals surface area (Å²) in [6, 6.07) is 7.16. The van der Waals surface area contributed by atoms with Crippen LogP contribution in [0.25, 0.3) is 0 Å². The average molecular weight is 256 g/mol. The molecule has 0 amide bonds. The van der Waals surface area contributed by atoms with Gasteiger partial charge in [0.05, 0.1) is 11.4 Å². The lowest BCUT2D eigenvalue weighted by Crippen LogP contribution is -2.26. The van der Waals surface area contributed by atoms with Crippen LogP contribution in [0.1, 0.15) is 26.3 Å². The van der Waals surface area contributed by atoms with E-state index in [-0.39, 0.29) is 11.2 Å². The molecule has 0 bridgehead atoms. The van der Waals surface area contributed by atoms with Gasteiger partial charge in [-0.25, -0.2) is 8.42 Å². The number of hydrogen-bond acceptors (Lipinski definition) is 3. The molecular formula is C12H20N2O2S. The van der Waals surface area contributed by atoms with Gasteiger partial charge in [0.15, 0.2) is 0 Å². The lowest BCUT2D eigenvalue weighted by molar-refractivity contribution is 0.463. The van der Waals surface area contributed by atoms with Gasteiger partial charge in [-0.15, -0.1) is 0 Å². The molecule has 0 saturated heterocycles. The minimum Gasteiger partial charge on any atom is -0.326 e. The van der Waals surface area contributed by atoms with E-state index in [9.17, 15) is 8.42 Å². The second-order valence-corrected chi connectivity index (χ2v) is 7.01. The fourth-order valence-electron chi connectivity index (χ4n) is 1.57. The normalized spacial score (nSPS) is 12.5. The van der Waals surface area contributed by atoms with Crippen molar-refractivity contribution in [3.8, 4) is 0 Å². The number of sulfonamides is 1. The van der Waals surface area contributed by atoms with Gasteiger partial charge >= 0.3 is 0 Å². The molecule has 0 aliphatic heterocycles. The summed E-state index contributed by atoms with van der Waals surface area (Å²) in [5.41, 5.74) is 6.65. The molecule has 0 radical (unpaired) electrons. The molecule has 0 aliphatic rings. The Morgan fingerprint density at radius 2 is 1.82 bits per heavy atom. The van der Waals surface area contributed by atoms with Gasteiger partial charge in [-0.1, -0.05) is 39.0 Å². The summed E-state index contributed by atoms with van der Waals surface area (Å²) >= 11 is 0. The van der Waals surface area contributed by atoms with E-state index in [0.717, 1.165) is 5.56 Å². The molecule has 0 heterocycles. The molecule has 0 aromatic heterocycles. The molecular weight excluding hydrogens is 236 g/mol. The maximum absolute atomic E-state index is 11.9. The zero-order valence-electron chi connectivity index (χ0n) is 10.5. The van der Waals surface area contributed by atoms with Crippen molar-refractivity contribution in [2.45, 2.75) is 27.3 Å². The van der Waals surface area contributed by atoms with Crippen molar-refractivity contribution in [1.29, 1.82) is 0 Å². The Labute approximate surface area is 103 Å². The Hall–Kier alpha value is -1.07. The van der Waals surface area contributed by atoms with Crippen molar-refractivity contribution in [1.82, 2.24) is 0 Å². The average Bonchev–Trinajstić information content (AvgIpc) is 2.14. The summed E-state index contributed by atoms with van der Waals surface area (Å²) in [5, 5.41) is 0. The van der Waals surface area contributed by atoms with Crippen molar-refractivity contribution in [2.75, 3.05) is 10.5 Å². The fourth-order valence-corrected chi connectivity index (χ4v) is 3.32. The molecule has 0 aliphatic carbocycles. The van der Waals surface area contributed by atoms with Crippen molar-refractivity contribution in [3.63, 3.8) is 0 Å². The van der Waals surface area contributed by atoms with Gasteiger partial charge in [-0.2, -0.15) is 0 Å². The molecule has 0 saturated carbocycles. The van der Waals surface area contributed by atoms with Crippen molar-refractivity contribution in [2.24, 2.45) is 11.1 Å². The standard InChI is InChI=1S/C12H20N2O2S/c1-12(2,3)9-17(15,16)14-11-7-5-4-6-10(11)8-13/h4-7,14H,8-9,13H2,1-3H3. The summed E-state index contributed by atoms with van der Waals surface area (Å²) in [5.74, 6) is 0.0822. The third-order valence-electron chi connectivity index (χ3n) is 2.13. The van der Waals surface area contributed by atoms with Crippen molar-refractivity contribution < 1.29 is 8.42 Å². The van der Waals surface area contributed by atoms with Crippen molar-refractivity contribution in [3.05, 3.63) is 29.8 Å². The summed E-state index contributed by atoms with van der Waals surface area (Å²) < 4.78 is 26.5. The first-order valence-corrected chi connectivity index (χ1v) is 7.17. The van der Waals surface area contributed by atoms with Gasteiger partial charge in [-0.3, -0.25) is 4.72 Å². The van der Waals surface area contributed by atoms with Gasteiger partial charge in [0.25, 0.3) is 0 Å². The number of nitrogens with one attached hydrogen (secondary N) is 1. The molecule has 0 fully saturated rings. The van der Waals surface area contributed by atoms with E-state index in [2.05, 4.69) is 4.72 Å². The molecule has 1 aromatic rings. The minimum absolute atomic E-state index is 0.0822. The zero-order valence-corrected chi connectivity index (χ0v) is 11.3. The van der Waals surface area contributed by atoms with Crippen LogP contribution >= 0.6 is 0 Å². The Morgan fingerprint density at radius 1 is 1.24 bits per heavy atom. The number of rotatable bonds is 4. The predicted molar refractivity (Wildman–Crippen MR) is 71.2 cm³/mol. The molecule has 96 valence electrons. The third-order valence-corrected chi connectivity index (χ3v) is 3.90. The first kappa shape index (κ1) is 14.0. The van der Waals surface area contributed by atoms with Gasteiger partial charge < -0.3 is 5.73 Å². The van der Waals surface area contributed by atoms with E-state index in [4.69, 9.17) is 5.73 Å². The van der Waals surface area contributed by atoms with E-state index in [0.29, 0.717) is 12.2 Å². The highest BCUT2D eigenvalue weighted by Gasteiger charge is 2.21.